The van der Waals surface area contributed by atoms with Gasteiger partial charge >= 0.3 is 17.8 Å². The van der Waals surface area contributed by atoms with Crippen LogP contribution >= 0.6 is 11.6 Å². The number of fused-ring (bicyclic) bond motifs is 3. The number of hydrogen-bond acceptors (Lipinski definition) is 5. The Morgan fingerprint density at radius 1 is 1.41 bits per heavy atom. The molecule has 2 N–H and O–H groups in total. The fraction of sp³-hybridized carbons (Fsp3) is 0.200. The van der Waals surface area contributed by atoms with Gasteiger partial charge in [0.1, 0.15) is 0 Å². The molecule has 0 bridgehead atoms. The van der Waals surface area contributed by atoms with E-state index in [1.165, 1.54) is 18.2 Å². The van der Waals surface area contributed by atoms with E-state index in [4.69, 9.17) is 11.6 Å². The quantitative estimate of drug-likeness (QED) is 0.500. The molecule has 2 aliphatic heterocycles. The third kappa shape index (κ3) is 1.12. The number of esters is 1. The first-order valence-corrected chi connectivity index (χ1v) is 5.10. The predicted octanol–water partition coefficient (Wildman–Crippen LogP) is -0.0771. The van der Waals surface area contributed by atoms with Gasteiger partial charge in [0.05, 0.1) is 5.69 Å². The second-order valence-electron chi connectivity index (χ2n) is 3.79. The number of amides is 1. The first-order valence-electron chi connectivity index (χ1n) is 4.72. The summed E-state index contributed by atoms with van der Waals surface area (Å²) in [7, 11) is 0. The predicted molar refractivity (Wildman–Crippen MR) is 54.9 cm³/mol. The van der Waals surface area contributed by atoms with E-state index >= 15 is 0 Å². The summed E-state index contributed by atoms with van der Waals surface area (Å²) in [4.78, 5) is 23.4. The van der Waals surface area contributed by atoms with Crippen LogP contribution < -0.4 is 4.90 Å². The molecule has 0 aromatic heterocycles. The highest BCUT2D eigenvalue weighted by Gasteiger charge is 2.63. The molecular formula is C10H6ClNO5. The summed E-state index contributed by atoms with van der Waals surface area (Å²) in [5.74, 6) is -4.61. The zero-order valence-electron chi connectivity index (χ0n) is 8.25. The molecule has 2 aliphatic rings. The summed E-state index contributed by atoms with van der Waals surface area (Å²) in [5, 5.41) is 20.2. The minimum absolute atomic E-state index is 0.170. The molecule has 2 atom stereocenters. The lowest BCUT2D eigenvalue weighted by atomic mass is 10.1. The number of aliphatic hydroxyl groups is 2. The van der Waals surface area contributed by atoms with Gasteiger partial charge in [-0.05, 0) is 12.1 Å². The monoisotopic (exact) mass is 255 g/mol. The van der Waals surface area contributed by atoms with Gasteiger partial charge in [0.25, 0.3) is 0 Å². The largest absolute Gasteiger partial charge is 0.403 e. The van der Waals surface area contributed by atoms with Crippen molar-refractivity contribution in [3.63, 3.8) is 0 Å². The summed E-state index contributed by atoms with van der Waals surface area (Å²) in [5.41, 5.74) is 0.445. The molecule has 88 valence electrons. The number of ether oxygens (including phenoxy) is 1. The van der Waals surface area contributed by atoms with Crippen LogP contribution in [0, 0.1) is 0 Å². The summed E-state index contributed by atoms with van der Waals surface area (Å²) in [6.07, 6.45) is -1.51. The number of anilines is 1. The van der Waals surface area contributed by atoms with Crippen molar-refractivity contribution in [1.29, 1.82) is 0 Å². The summed E-state index contributed by atoms with van der Waals surface area (Å²) in [6, 6.07) is 4.33. The van der Waals surface area contributed by atoms with E-state index in [0.29, 0.717) is 9.92 Å². The van der Waals surface area contributed by atoms with Crippen molar-refractivity contribution in [2.45, 2.75) is 12.0 Å². The minimum Gasteiger partial charge on any atom is -0.403 e. The van der Waals surface area contributed by atoms with Crippen LogP contribution in [0.15, 0.2) is 18.2 Å². The van der Waals surface area contributed by atoms with Crippen LogP contribution in [-0.2, 0) is 14.3 Å². The first-order chi connectivity index (χ1) is 7.95. The highest BCUT2D eigenvalue weighted by atomic mass is 35.5. The molecule has 0 radical (unpaired) electrons. The summed E-state index contributed by atoms with van der Waals surface area (Å²) < 4.78 is 4.52. The Kier molecular flexibility index (Phi) is 1.84. The second kappa shape index (κ2) is 2.98. The minimum atomic E-state index is -2.36. The topological polar surface area (TPSA) is 87.1 Å². The fourth-order valence-corrected chi connectivity index (χ4v) is 2.23. The Hall–Kier alpha value is -1.63. The van der Waals surface area contributed by atoms with Gasteiger partial charge < -0.3 is 14.9 Å². The van der Waals surface area contributed by atoms with Gasteiger partial charge in [0.2, 0.25) is 0 Å². The number of halogens is 1. The fourth-order valence-electron chi connectivity index (χ4n) is 2.07. The van der Waals surface area contributed by atoms with Crippen LogP contribution in [0.1, 0.15) is 11.7 Å². The number of carbonyl (C=O) groups is 2. The average Bonchev–Trinajstić information content (AvgIpc) is 2.61. The van der Waals surface area contributed by atoms with Crippen LogP contribution in [0.4, 0.5) is 5.69 Å². The number of hydrogen-bond donors (Lipinski definition) is 2. The molecule has 2 heterocycles. The molecule has 1 fully saturated rings. The van der Waals surface area contributed by atoms with Gasteiger partial charge in [-0.25, -0.2) is 9.69 Å². The molecule has 7 heteroatoms. The Labute approximate surface area is 100.0 Å². The standard InChI is InChI=1S/C10H6ClNO5/c11-4-1-2-5-6(3-4)12-8(14)9(15)17-10(12,16)7(5)13/h1-3,7,13,16H. The van der Waals surface area contributed by atoms with Crippen molar-refractivity contribution in [3.8, 4) is 0 Å². The number of rotatable bonds is 0. The van der Waals surface area contributed by atoms with E-state index in [-0.39, 0.29) is 11.3 Å². The molecular weight excluding hydrogens is 250 g/mol. The van der Waals surface area contributed by atoms with Crippen LogP contribution in [0.25, 0.3) is 0 Å². The van der Waals surface area contributed by atoms with Crippen LogP contribution in [-0.4, -0.2) is 28.0 Å². The third-order valence-corrected chi connectivity index (χ3v) is 3.06. The zero-order valence-corrected chi connectivity index (χ0v) is 9.01. The van der Waals surface area contributed by atoms with Crippen LogP contribution in [0.2, 0.25) is 5.02 Å². The zero-order chi connectivity index (χ0) is 12.4. The van der Waals surface area contributed by atoms with Gasteiger partial charge in [-0.2, -0.15) is 0 Å². The van der Waals surface area contributed by atoms with E-state index in [9.17, 15) is 19.8 Å². The average molecular weight is 256 g/mol. The number of benzene rings is 1. The maximum absolute atomic E-state index is 11.5. The maximum atomic E-state index is 11.5. The Balaban J connectivity index is 2.25. The summed E-state index contributed by atoms with van der Waals surface area (Å²) in [6.45, 7) is 0. The van der Waals surface area contributed by atoms with E-state index in [2.05, 4.69) is 4.74 Å². The maximum Gasteiger partial charge on any atom is 0.401 e. The van der Waals surface area contributed by atoms with Gasteiger partial charge in [-0.15, -0.1) is 0 Å². The van der Waals surface area contributed by atoms with Gasteiger partial charge in [0, 0.05) is 10.6 Å². The Bertz CT molecular complexity index is 560. The van der Waals surface area contributed by atoms with Crippen molar-refractivity contribution < 1.29 is 24.5 Å². The molecule has 2 unspecified atom stereocenters. The van der Waals surface area contributed by atoms with E-state index < -0.39 is 23.9 Å². The van der Waals surface area contributed by atoms with E-state index in [1.54, 1.807) is 0 Å². The van der Waals surface area contributed by atoms with Crippen molar-refractivity contribution in [3.05, 3.63) is 28.8 Å². The Morgan fingerprint density at radius 3 is 2.82 bits per heavy atom. The molecule has 1 amide bonds. The van der Waals surface area contributed by atoms with Crippen LogP contribution in [0.5, 0.6) is 0 Å². The number of carbonyl (C=O) groups excluding carboxylic acids is 2. The van der Waals surface area contributed by atoms with Gasteiger partial charge in [-0.1, -0.05) is 17.7 Å². The van der Waals surface area contributed by atoms with E-state index in [1.807, 2.05) is 0 Å². The van der Waals surface area contributed by atoms with Gasteiger partial charge in [-0.3, -0.25) is 4.79 Å². The molecule has 3 rings (SSSR count). The third-order valence-electron chi connectivity index (χ3n) is 2.83. The van der Waals surface area contributed by atoms with Crippen molar-refractivity contribution >= 4 is 29.2 Å². The summed E-state index contributed by atoms with van der Waals surface area (Å²) >= 11 is 5.76. The van der Waals surface area contributed by atoms with Crippen molar-refractivity contribution in [2.24, 2.45) is 0 Å². The van der Waals surface area contributed by atoms with Crippen LogP contribution in [0.3, 0.4) is 0 Å². The molecule has 0 aliphatic carbocycles. The molecule has 17 heavy (non-hydrogen) atoms. The lowest BCUT2D eigenvalue weighted by molar-refractivity contribution is -0.223. The smallest absolute Gasteiger partial charge is 0.401 e. The molecule has 0 spiro atoms. The normalized spacial score (nSPS) is 30.3. The van der Waals surface area contributed by atoms with Crippen molar-refractivity contribution in [1.82, 2.24) is 0 Å². The second-order valence-corrected chi connectivity index (χ2v) is 4.23. The SMILES string of the molecule is O=C1OC2(O)C(O)c3ccc(Cl)cc3N2C1=O. The number of nitrogens with zero attached hydrogens (tertiary/aromatic N) is 1. The molecule has 0 saturated carbocycles. The van der Waals surface area contributed by atoms with E-state index in [0.717, 1.165) is 0 Å². The molecule has 1 aromatic rings. The molecule has 1 aromatic carbocycles. The van der Waals surface area contributed by atoms with Gasteiger partial charge in [0.15, 0.2) is 6.10 Å². The Morgan fingerprint density at radius 2 is 2.12 bits per heavy atom. The first kappa shape index (κ1) is 10.5. The number of aliphatic hydroxyl groups excluding tert-OH is 1. The highest BCUT2D eigenvalue weighted by Crippen LogP contribution is 2.49. The lowest BCUT2D eigenvalue weighted by Crippen LogP contribution is -2.46. The molecule has 1 saturated heterocycles. The lowest BCUT2D eigenvalue weighted by Gasteiger charge is -2.24. The van der Waals surface area contributed by atoms with Crippen molar-refractivity contribution in [2.75, 3.05) is 4.90 Å². The highest BCUT2D eigenvalue weighted by molar-refractivity contribution is 6.41. The molecule has 6 nitrogen and oxygen atoms in total.